The summed E-state index contributed by atoms with van der Waals surface area (Å²) < 4.78 is 18.6. The molecule has 1 aromatic heterocycles. The third kappa shape index (κ3) is 3.27. The van der Waals surface area contributed by atoms with Crippen LogP contribution in [0.5, 0.6) is 5.75 Å². The maximum Gasteiger partial charge on any atom is 0.204 e. The normalized spacial score (nSPS) is 10.2. The first-order chi connectivity index (χ1) is 9.63. The molecule has 1 aromatic carbocycles. The minimum absolute atomic E-state index is 0.299. The molecule has 0 radical (unpaired) electrons. The Bertz CT molecular complexity index is 589. The highest BCUT2D eigenvalue weighted by Crippen LogP contribution is 2.31. The van der Waals surface area contributed by atoms with Crippen molar-refractivity contribution < 1.29 is 9.13 Å². The second kappa shape index (κ2) is 6.38. The fraction of sp³-hybridized carbons (Fsp3) is 0.231. The van der Waals surface area contributed by atoms with Gasteiger partial charge in [0.15, 0.2) is 11.6 Å². The van der Waals surface area contributed by atoms with Crippen molar-refractivity contribution >= 4 is 28.9 Å². The highest BCUT2D eigenvalue weighted by molar-refractivity contribution is 6.30. The Morgan fingerprint density at radius 3 is 2.65 bits per heavy atom. The lowest BCUT2D eigenvalue weighted by atomic mass is 10.3. The maximum absolute atomic E-state index is 13.3. The van der Waals surface area contributed by atoms with Gasteiger partial charge in [0.2, 0.25) is 5.75 Å². The monoisotopic (exact) mass is 296 g/mol. The van der Waals surface area contributed by atoms with Crippen molar-refractivity contribution in [1.82, 2.24) is 9.97 Å². The molecule has 0 amide bonds. The van der Waals surface area contributed by atoms with E-state index in [4.69, 9.17) is 16.3 Å². The van der Waals surface area contributed by atoms with Crippen molar-refractivity contribution in [3.63, 3.8) is 0 Å². The molecule has 106 valence electrons. The summed E-state index contributed by atoms with van der Waals surface area (Å²) in [6, 6.07) is 4.15. The molecular weight excluding hydrogens is 283 g/mol. The fourth-order valence-electron chi connectivity index (χ4n) is 1.71. The van der Waals surface area contributed by atoms with E-state index in [-0.39, 0.29) is 0 Å². The van der Waals surface area contributed by atoms with Crippen molar-refractivity contribution in [3.05, 3.63) is 35.4 Å². The summed E-state index contributed by atoms with van der Waals surface area (Å²) in [5, 5.41) is 6.32. The molecule has 0 atom stereocenters. The average molecular weight is 297 g/mol. The van der Waals surface area contributed by atoms with Crippen LogP contribution < -0.4 is 15.4 Å². The molecule has 2 N–H and O–H groups in total. The first-order valence-electron chi connectivity index (χ1n) is 6.00. The van der Waals surface area contributed by atoms with Crippen LogP contribution in [-0.2, 0) is 0 Å². The molecule has 5 nitrogen and oxygen atoms in total. The molecule has 0 unspecified atom stereocenters. The summed E-state index contributed by atoms with van der Waals surface area (Å²) in [6.07, 6.45) is 1.39. The van der Waals surface area contributed by atoms with Crippen LogP contribution >= 0.6 is 11.6 Å². The fourth-order valence-corrected chi connectivity index (χ4v) is 1.93. The Morgan fingerprint density at radius 2 is 2.00 bits per heavy atom. The van der Waals surface area contributed by atoms with Gasteiger partial charge in [-0.3, -0.25) is 0 Å². The zero-order valence-electron chi connectivity index (χ0n) is 11.1. The number of nitrogens with one attached hydrogen (secondary N) is 2. The maximum atomic E-state index is 13.3. The molecule has 0 fully saturated rings. The van der Waals surface area contributed by atoms with Crippen LogP contribution in [0.3, 0.4) is 0 Å². The number of hydrogen-bond donors (Lipinski definition) is 2. The molecule has 0 saturated carbocycles. The quantitative estimate of drug-likeness (QED) is 0.885. The van der Waals surface area contributed by atoms with E-state index in [1.54, 1.807) is 6.07 Å². The summed E-state index contributed by atoms with van der Waals surface area (Å²) in [5.74, 6) is 1.02. The molecular formula is C13H14ClFN4O. The number of benzene rings is 1. The molecule has 2 rings (SSSR count). The number of rotatable bonds is 5. The Balaban J connectivity index is 2.35. The van der Waals surface area contributed by atoms with Crippen LogP contribution in [0.2, 0.25) is 5.02 Å². The van der Waals surface area contributed by atoms with Gasteiger partial charge in [0.1, 0.15) is 12.1 Å². The Hall–Kier alpha value is -2.08. The van der Waals surface area contributed by atoms with Crippen molar-refractivity contribution in [2.24, 2.45) is 0 Å². The summed E-state index contributed by atoms with van der Waals surface area (Å²) >= 11 is 5.81. The van der Waals surface area contributed by atoms with E-state index in [9.17, 15) is 4.39 Å². The van der Waals surface area contributed by atoms with Crippen molar-refractivity contribution in [1.29, 1.82) is 0 Å². The lowest BCUT2D eigenvalue weighted by molar-refractivity contribution is 0.415. The van der Waals surface area contributed by atoms with Crippen LogP contribution in [0.4, 0.5) is 21.7 Å². The predicted molar refractivity (Wildman–Crippen MR) is 77.4 cm³/mol. The van der Waals surface area contributed by atoms with Crippen LogP contribution in [-0.4, -0.2) is 23.6 Å². The van der Waals surface area contributed by atoms with E-state index in [1.165, 1.54) is 25.6 Å². The van der Waals surface area contributed by atoms with Crippen LogP contribution in [0.25, 0.3) is 0 Å². The third-order valence-electron chi connectivity index (χ3n) is 2.48. The zero-order chi connectivity index (χ0) is 14.5. The number of anilines is 3. The van der Waals surface area contributed by atoms with E-state index in [1.807, 2.05) is 6.92 Å². The molecule has 0 bridgehead atoms. The van der Waals surface area contributed by atoms with Crippen LogP contribution in [0.1, 0.15) is 6.92 Å². The van der Waals surface area contributed by atoms with Gasteiger partial charge in [-0.25, -0.2) is 14.4 Å². The van der Waals surface area contributed by atoms with Gasteiger partial charge >= 0.3 is 0 Å². The lowest BCUT2D eigenvalue weighted by Crippen LogP contribution is -2.06. The molecule has 20 heavy (non-hydrogen) atoms. The van der Waals surface area contributed by atoms with Crippen LogP contribution in [0.15, 0.2) is 24.5 Å². The van der Waals surface area contributed by atoms with E-state index in [0.29, 0.717) is 34.6 Å². The van der Waals surface area contributed by atoms with Crippen LogP contribution in [0, 0.1) is 5.82 Å². The Morgan fingerprint density at radius 1 is 1.25 bits per heavy atom. The number of nitrogens with zero attached hydrogens (tertiary/aromatic N) is 2. The Labute approximate surface area is 121 Å². The molecule has 0 spiro atoms. The largest absolute Gasteiger partial charge is 0.490 e. The number of halogens is 2. The predicted octanol–water partition coefficient (Wildman–Crippen LogP) is 3.45. The average Bonchev–Trinajstić information content (AvgIpc) is 2.38. The zero-order valence-corrected chi connectivity index (χ0v) is 11.8. The van der Waals surface area contributed by atoms with Gasteiger partial charge in [-0.05, 0) is 25.1 Å². The minimum atomic E-state index is -0.431. The molecule has 0 aliphatic carbocycles. The van der Waals surface area contributed by atoms with E-state index < -0.39 is 5.82 Å². The van der Waals surface area contributed by atoms with E-state index in [2.05, 4.69) is 20.6 Å². The van der Waals surface area contributed by atoms with Gasteiger partial charge in [-0.2, -0.15) is 0 Å². The Kier molecular flexibility index (Phi) is 4.57. The van der Waals surface area contributed by atoms with Gasteiger partial charge in [0, 0.05) is 17.3 Å². The van der Waals surface area contributed by atoms with E-state index in [0.717, 1.165) is 0 Å². The second-order valence-electron chi connectivity index (χ2n) is 3.92. The van der Waals surface area contributed by atoms with Crippen molar-refractivity contribution in [3.8, 4) is 5.75 Å². The van der Waals surface area contributed by atoms with Crippen molar-refractivity contribution in [2.75, 3.05) is 24.3 Å². The van der Waals surface area contributed by atoms with Gasteiger partial charge < -0.3 is 15.4 Å². The smallest absolute Gasteiger partial charge is 0.204 e. The van der Waals surface area contributed by atoms with E-state index >= 15 is 0 Å². The summed E-state index contributed by atoms with van der Waals surface area (Å²) in [4.78, 5) is 8.18. The topological polar surface area (TPSA) is 59.1 Å². The molecule has 2 aromatic rings. The van der Waals surface area contributed by atoms with Gasteiger partial charge in [0.25, 0.3) is 0 Å². The minimum Gasteiger partial charge on any atom is -0.490 e. The van der Waals surface area contributed by atoms with Gasteiger partial charge in [-0.15, -0.1) is 0 Å². The molecule has 0 aliphatic heterocycles. The molecule has 0 saturated heterocycles. The summed E-state index contributed by atoms with van der Waals surface area (Å²) in [7, 11) is 1.52. The summed E-state index contributed by atoms with van der Waals surface area (Å²) in [6.45, 7) is 2.64. The highest BCUT2D eigenvalue weighted by atomic mass is 35.5. The number of ether oxygens (including phenoxy) is 1. The first kappa shape index (κ1) is 14.3. The van der Waals surface area contributed by atoms with Crippen molar-refractivity contribution in [2.45, 2.75) is 6.92 Å². The SMILES string of the molecule is CCNc1ncnc(Nc2cc(F)cc(Cl)c2)c1OC. The lowest BCUT2D eigenvalue weighted by Gasteiger charge is -2.13. The molecule has 1 heterocycles. The third-order valence-corrected chi connectivity index (χ3v) is 2.70. The highest BCUT2D eigenvalue weighted by Gasteiger charge is 2.12. The molecule has 7 heteroatoms. The van der Waals surface area contributed by atoms with Gasteiger partial charge in [0.05, 0.1) is 7.11 Å². The number of methoxy groups -OCH3 is 1. The van der Waals surface area contributed by atoms with Gasteiger partial charge in [-0.1, -0.05) is 11.6 Å². The number of hydrogen-bond acceptors (Lipinski definition) is 5. The number of aromatic nitrogens is 2. The first-order valence-corrected chi connectivity index (χ1v) is 6.37. The second-order valence-corrected chi connectivity index (χ2v) is 4.35. The standard InChI is InChI=1S/C13H14ClFN4O/c1-3-16-12-11(20-2)13(18-7-17-12)19-10-5-8(14)4-9(15)6-10/h4-7H,3H2,1-2H3,(H2,16,17,18,19). The summed E-state index contributed by atoms with van der Waals surface area (Å²) in [5.41, 5.74) is 0.481. The molecule has 0 aliphatic rings.